The number of aromatic nitrogens is 3. The van der Waals surface area contributed by atoms with E-state index in [0.717, 1.165) is 28.3 Å². The molecule has 0 aliphatic heterocycles. The van der Waals surface area contributed by atoms with Crippen LogP contribution in [0, 0.1) is 10.1 Å². The standard InChI is InChI=1S/C12H13BrN4O4/c1-3-8-11(13)10(15(2)14-8)6-16-5-7(17(20)21)4-9(16)12(18)19/h4-5H,3,6H2,1-2H3,(H,18,19). The molecular weight excluding hydrogens is 344 g/mol. The maximum atomic E-state index is 11.2. The SMILES string of the molecule is CCc1nn(C)c(Cn2cc([N+](=O)[O-])cc2C(=O)O)c1Br. The number of carbonyl (C=O) groups is 1. The van der Waals surface area contributed by atoms with Crippen molar-refractivity contribution in [3.8, 4) is 0 Å². The van der Waals surface area contributed by atoms with Gasteiger partial charge in [-0.15, -0.1) is 0 Å². The summed E-state index contributed by atoms with van der Waals surface area (Å²) < 4.78 is 3.77. The van der Waals surface area contributed by atoms with Crippen LogP contribution in [0.2, 0.25) is 0 Å². The van der Waals surface area contributed by atoms with Crippen molar-refractivity contribution in [2.24, 2.45) is 7.05 Å². The minimum atomic E-state index is -1.21. The molecule has 0 bridgehead atoms. The van der Waals surface area contributed by atoms with Crippen molar-refractivity contribution in [1.29, 1.82) is 0 Å². The summed E-state index contributed by atoms with van der Waals surface area (Å²) in [4.78, 5) is 21.4. The lowest BCUT2D eigenvalue weighted by atomic mass is 10.3. The number of hydrogen-bond donors (Lipinski definition) is 1. The smallest absolute Gasteiger partial charge is 0.352 e. The molecule has 0 aromatic carbocycles. The number of aromatic carboxylic acids is 1. The van der Waals surface area contributed by atoms with Gasteiger partial charge in [0.15, 0.2) is 0 Å². The van der Waals surface area contributed by atoms with Crippen molar-refractivity contribution in [3.63, 3.8) is 0 Å². The Hall–Kier alpha value is -2.16. The predicted octanol–water partition coefficient (Wildman–Crippen LogP) is 2.20. The molecule has 2 aromatic heterocycles. The number of nitro groups is 1. The molecule has 0 amide bonds. The summed E-state index contributed by atoms with van der Waals surface area (Å²) in [5.74, 6) is -1.21. The Balaban J connectivity index is 2.46. The fourth-order valence-electron chi connectivity index (χ4n) is 2.06. The Kier molecular flexibility index (Phi) is 4.12. The summed E-state index contributed by atoms with van der Waals surface area (Å²) in [5.41, 5.74) is 1.22. The molecule has 0 atom stereocenters. The van der Waals surface area contributed by atoms with Gasteiger partial charge in [0.25, 0.3) is 5.69 Å². The molecule has 0 saturated heterocycles. The normalized spacial score (nSPS) is 10.8. The van der Waals surface area contributed by atoms with Crippen LogP contribution in [0.3, 0.4) is 0 Å². The Morgan fingerprint density at radius 3 is 2.71 bits per heavy atom. The molecule has 9 heteroatoms. The van der Waals surface area contributed by atoms with E-state index in [0.29, 0.717) is 0 Å². The highest BCUT2D eigenvalue weighted by molar-refractivity contribution is 9.10. The molecule has 8 nitrogen and oxygen atoms in total. The lowest BCUT2D eigenvalue weighted by Crippen LogP contribution is -2.11. The number of aryl methyl sites for hydroxylation is 2. The van der Waals surface area contributed by atoms with E-state index in [1.807, 2.05) is 6.92 Å². The number of carboxylic acid groups (broad SMARTS) is 1. The van der Waals surface area contributed by atoms with Crippen LogP contribution in [-0.2, 0) is 20.0 Å². The average molecular weight is 357 g/mol. The highest BCUT2D eigenvalue weighted by Crippen LogP contribution is 2.24. The van der Waals surface area contributed by atoms with Crippen LogP contribution >= 0.6 is 15.9 Å². The topological polar surface area (TPSA) is 103 Å². The van der Waals surface area contributed by atoms with Crippen molar-refractivity contribution in [2.75, 3.05) is 0 Å². The first-order chi connectivity index (χ1) is 9.85. The first-order valence-corrected chi connectivity index (χ1v) is 6.92. The zero-order valence-corrected chi connectivity index (χ0v) is 13.0. The third-order valence-corrected chi connectivity index (χ3v) is 4.05. The molecule has 1 N–H and O–H groups in total. The van der Waals surface area contributed by atoms with E-state index >= 15 is 0 Å². The zero-order chi connectivity index (χ0) is 15.7. The van der Waals surface area contributed by atoms with E-state index in [4.69, 9.17) is 5.11 Å². The van der Waals surface area contributed by atoms with Crippen LogP contribution in [0.4, 0.5) is 5.69 Å². The van der Waals surface area contributed by atoms with Gasteiger partial charge < -0.3 is 9.67 Å². The van der Waals surface area contributed by atoms with Crippen molar-refractivity contribution < 1.29 is 14.8 Å². The lowest BCUT2D eigenvalue weighted by molar-refractivity contribution is -0.384. The fourth-order valence-corrected chi connectivity index (χ4v) is 2.80. The van der Waals surface area contributed by atoms with Gasteiger partial charge in [0.1, 0.15) is 5.69 Å². The molecule has 2 rings (SSSR count). The van der Waals surface area contributed by atoms with Crippen molar-refractivity contribution in [1.82, 2.24) is 14.3 Å². The largest absolute Gasteiger partial charge is 0.477 e. The first-order valence-electron chi connectivity index (χ1n) is 6.13. The van der Waals surface area contributed by atoms with E-state index < -0.39 is 10.9 Å². The van der Waals surface area contributed by atoms with E-state index in [1.165, 1.54) is 10.8 Å². The predicted molar refractivity (Wildman–Crippen MR) is 77.4 cm³/mol. The van der Waals surface area contributed by atoms with Gasteiger partial charge in [-0.25, -0.2) is 4.79 Å². The number of halogens is 1. The second kappa shape index (κ2) is 5.68. The van der Waals surface area contributed by atoms with Crippen molar-refractivity contribution in [2.45, 2.75) is 19.9 Å². The van der Waals surface area contributed by atoms with Gasteiger partial charge >= 0.3 is 5.97 Å². The second-order valence-electron chi connectivity index (χ2n) is 4.46. The van der Waals surface area contributed by atoms with E-state index in [9.17, 15) is 14.9 Å². The van der Waals surface area contributed by atoms with Gasteiger partial charge in [0, 0.05) is 13.1 Å². The molecule has 0 aliphatic rings. The molecule has 0 fully saturated rings. The third-order valence-electron chi connectivity index (χ3n) is 3.14. The average Bonchev–Trinajstić information content (AvgIpc) is 2.95. The second-order valence-corrected chi connectivity index (χ2v) is 5.25. The van der Waals surface area contributed by atoms with Crippen LogP contribution in [-0.4, -0.2) is 30.3 Å². The maximum absolute atomic E-state index is 11.2. The number of nitrogens with zero attached hydrogens (tertiary/aromatic N) is 4. The highest BCUT2D eigenvalue weighted by Gasteiger charge is 2.21. The lowest BCUT2D eigenvalue weighted by Gasteiger charge is -2.06. The van der Waals surface area contributed by atoms with E-state index in [1.54, 1.807) is 11.7 Å². The number of carboxylic acids is 1. The molecular formula is C12H13BrN4O4. The summed E-state index contributed by atoms with van der Waals surface area (Å²) in [7, 11) is 1.75. The number of hydrogen-bond acceptors (Lipinski definition) is 4. The Bertz CT molecular complexity index is 719. The van der Waals surface area contributed by atoms with Gasteiger partial charge in [0.05, 0.1) is 33.5 Å². The Labute approximate surface area is 128 Å². The summed E-state index contributed by atoms with van der Waals surface area (Å²) in [6, 6.07) is 1.05. The zero-order valence-electron chi connectivity index (χ0n) is 11.4. The monoisotopic (exact) mass is 356 g/mol. The van der Waals surface area contributed by atoms with Gasteiger partial charge in [-0.2, -0.15) is 5.10 Å². The van der Waals surface area contributed by atoms with Crippen LogP contribution in [0.25, 0.3) is 0 Å². The molecule has 0 radical (unpaired) electrons. The molecule has 0 saturated carbocycles. The minimum absolute atomic E-state index is 0.132. The third kappa shape index (κ3) is 2.82. The maximum Gasteiger partial charge on any atom is 0.352 e. The summed E-state index contributed by atoms with van der Waals surface area (Å²) in [5, 5.41) is 24.3. The van der Waals surface area contributed by atoms with Crippen LogP contribution in [0.15, 0.2) is 16.7 Å². The van der Waals surface area contributed by atoms with Gasteiger partial charge in [-0.3, -0.25) is 14.8 Å². The number of rotatable bonds is 5. The highest BCUT2D eigenvalue weighted by atomic mass is 79.9. The molecule has 2 aromatic rings. The van der Waals surface area contributed by atoms with Gasteiger partial charge in [-0.1, -0.05) is 6.92 Å². The quantitative estimate of drug-likeness (QED) is 0.653. The van der Waals surface area contributed by atoms with E-state index in [-0.39, 0.29) is 17.9 Å². The molecule has 2 heterocycles. The molecule has 0 aliphatic carbocycles. The van der Waals surface area contributed by atoms with Gasteiger partial charge in [0.2, 0.25) is 0 Å². The van der Waals surface area contributed by atoms with E-state index in [2.05, 4.69) is 21.0 Å². The van der Waals surface area contributed by atoms with Gasteiger partial charge in [-0.05, 0) is 22.4 Å². The van der Waals surface area contributed by atoms with Crippen LogP contribution < -0.4 is 0 Å². The van der Waals surface area contributed by atoms with Crippen molar-refractivity contribution >= 4 is 27.6 Å². The molecule has 112 valence electrons. The fraction of sp³-hybridized carbons (Fsp3) is 0.333. The molecule has 0 spiro atoms. The van der Waals surface area contributed by atoms with Crippen LogP contribution in [0.5, 0.6) is 0 Å². The minimum Gasteiger partial charge on any atom is -0.477 e. The van der Waals surface area contributed by atoms with Crippen LogP contribution in [0.1, 0.15) is 28.8 Å². The molecule has 0 unspecified atom stereocenters. The summed E-state index contributed by atoms with van der Waals surface area (Å²) >= 11 is 3.44. The molecule has 21 heavy (non-hydrogen) atoms. The van der Waals surface area contributed by atoms with Crippen molar-refractivity contribution in [3.05, 3.63) is 43.9 Å². The summed E-state index contributed by atoms with van der Waals surface area (Å²) in [6.45, 7) is 2.14. The first kappa shape index (κ1) is 15.2. The summed E-state index contributed by atoms with van der Waals surface area (Å²) in [6.07, 6.45) is 1.94. The Morgan fingerprint density at radius 2 is 2.24 bits per heavy atom. The Morgan fingerprint density at radius 1 is 1.57 bits per heavy atom.